The fourth-order valence-corrected chi connectivity index (χ4v) is 2.35. The molecule has 1 N–H and O–H groups in total. The number of hydrogen-bond acceptors (Lipinski definition) is 4. The lowest BCUT2D eigenvalue weighted by atomic mass is 10.3. The quantitative estimate of drug-likeness (QED) is 0.756. The second kappa shape index (κ2) is 7.14. The van der Waals surface area contributed by atoms with Crippen molar-refractivity contribution in [2.45, 2.75) is 19.1 Å². The van der Waals surface area contributed by atoms with E-state index in [-0.39, 0.29) is 12.5 Å². The van der Waals surface area contributed by atoms with E-state index < -0.39 is 0 Å². The maximum Gasteiger partial charge on any atom is 0.232 e. The molecule has 0 saturated carbocycles. The molecule has 1 heterocycles. The van der Waals surface area contributed by atoms with Crippen molar-refractivity contribution in [1.82, 2.24) is 9.80 Å². The van der Waals surface area contributed by atoms with Gasteiger partial charge in [-0.25, -0.2) is 0 Å². The molecule has 0 aromatic heterocycles. The summed E-state index contributed by atoms with van der Waals surface area (Å²) in [7, 11) is 0. The summed E-state index contributed by atoms with van der Waals surface area (Å²) < 4.78 is 0. The Kier molecular flexibility index (Phi) is 6.16. The van der Waals surface area contributed by atoms with Crippen LogP contribution < -0.4 is 0 Å². The van der Waals surface area contributed by atoms with E-state index in [2.05, 4.69) is 18.7 Å². The third-order valence-corrected chi connectivity index (χ3v) is 3.76. The minimum atomic E-state index is 0.206. The molecule has 1 rings (SSSR count). The highest BCUT2D eigenvalue weighted by Crippen LogP contribution is 2.11. The third kappa shape index (κ3) is 4.72. The van der Waals surface area contributed by atoms with Gasteiger partial charge in [0.2, 0.25) is 5.91 Å². The van der Waals surface area contributed by atoms with Gasteiger partial charge in [-0.05, 0) is 5.25 Å². The largest absolute Gasteiger partial charge is 0.395 e. The average molecular weight is 246 g/mol. The van der Waals surface area contributed by atoms with Crippen LogP contribution in [0.3, 0.4) is 0 Å². The molecule has 0 radical (unpaired) electrons. The number of β-amino-alcohol motifs (C(OH)–C–C–N with tert-alkyl or cyclic N) is 1. The van der Waals surface area contributed by atoms with Gasteiger partial charge < -0.3 is 10.0 Å². The molecule has 16 heavy (non-hydrogen) atoms. The number of aliphatic hydroxyl groups is 1. The van der Waals surface area contributed by atoms with E-state index in [4.69, 9.17) is 5.11 Å². The maximum atomic E-state index is 11.8. The zero-order valence-electron chi connectivity index (χ0n) is 10.2. The second-order valence-corrected chi connectivity index (χ2v) is 5.87. The number of piperazine rings is 1. The molecule has 94 valence electrons. The Balaban J connectivity index is 2.22. The Morgan fingerprint density at radius 3 is 2.44 bits per heavy atom. The molecule has 0 bridgehead atoms. The molecular weight excluding hydrogens is 224 g/mol. The van der Waals surface area contributed by atoms with Gasteiger partial charge in [0.25, 0.3) is 0 Å². The summed E-state index contributed by atoms with van der Waals surface area (Å²) in [4.78, 5) is 15.9. The van der Waals surface area contributed by atoms with Crippen LogP contribution in [-0.2, 0) is 4.79 Å². The molecule has 0 unspecified atom stereocenters. The summed E-state index contributed by atoms with van der Waals surface area (Å²) in [6.45, 7) is 8.53. The minimum Gasteiger partial charge on any atom is -0.395 e. The van der Waals surface area contributed by atoms with Crippen molar-refractivity contribution in [3.63, 3.8) is 0 Å². The molecule has 1 aliphatic rings. The Hall–Kier alpha value is -0.260. The Morgan fingerprint density at radius 1 is 1.31 bits per heavy atom. The van der Waals surface area contributed by atoms with Crippen molar-refractivity contribution in [3.05, 3.63) is 0 Å². The summed E-state index contributed by atoms with van der Waals surface area (Å²) in [5.41, 5.74) is 0. The number of carbonyl (C=O) groups excluding carboxylic acids is 1. The molecule has 1 amide bonds. The lowest BCUT2D eigenvalue weighted by Crippen LogP contribution is -2.49. The molecule has 1 aliphatic heterocycles. The van der Waals surface area contributed by atoms with Crippen molar-refractivity contribution in [3.8, 4) is 0 Å². The van der Waals surface area contributed by atoms with E-state index in [0.29, 0.717) is 11.0 Å². The Bertz CT molecular complexity index is 216. The second-order valence-electron chi connectivity index (χ2n) is 4.31. The predicted octanol–water partition coefficient (Wildman–Crippen LogP) is 0.265. The highest BCUT2D eigenvalue weighted by Gasteiger charge is 2.20. The van der Waals surface area contributed by atoms with Gasteiger partial charge in [0.15, 0.2) is 0 Å². The Morgan fingerprint density at radius 2 is 1.94 bits per heavy atom. The molecule has 0 aromatic carbocycles. The average Bonchev–Trinajstić information content (AvgIpc) is 2.27. The topological polar surface area (TPSA) is 43.8 Å². The first-order valence-corrected chi connectivity index (χ1v) is 6.91. The fraction of sp³-hybridized carbons (Fsp3) is 0.909. The van der Waals surface area contributed by atoms with Crippen LogP contribution in [0.1, 0.15) is 13.8 Å². The van der Waals surface area contributed by atoms with Crippen LogP contribution in [0.2, 0.25) is 0 Å². The van der Waals surface area contributed by atoms with Crippen LogP contribution in [0.25, 0.3) is 0 Å². The van der Waals surface area contributed by atoms with Gasteiger partial charge in [0, 0.05) is 32.7 Å². The van der Waals surface area contributed by atoms with Crippen molar-refractivity contribution in [2.24, 2.45) is 0 Å². The van der Waals surface area contributed by atoms with Gasteiger partial charge in [-0.3, -0.25) is 9.69 Å². The molecule has 0 atom stereocenters. The summed E-state index contributed by atoms with van der Waals surface area (Å²) in [5, 5.41) is 9.33. The van der Waals surface area contributed by atoms with Crippen LogP contribution in [0, 0.1) is 0 Å². The van der Waals surface area contributed by atoms with E-state index in [1.54, 1.807) is 11.8 Å². The molecular formula is C11H22N2O2S. The number of hydrogen-bond donors (Lipinski definition) is 1. The van der Waals surface area contributed by atoms with Crippen LogP contribution in [-0.4, -0.2) is 71.1 Å². The highest BCUT2D eigenvalue weighted by atomic mass is 32.2. The van der Waals surface area contributed by atoms with E-state index in [1.165, 1.54) is 0 Å². The first kappa shape index (κ1) is 13.8. The van der Waals surface area contributed by atoms with Crippen LogP contribution >= 0.6 is 11.8 Å². The number of rotatable bonds is 5. The smallest absolute Gasteiger partial charge is 0.232 e. The Labute approximate surface area is 102 Å². The summed E-state index contributed by atoms with van der Waals surface area (Å²) in [6.07, 6.45) is 0. The van der Waals surface area contributed by atoms with Gasteiger partial charge in [-0.15, -0.1) is 11.8 Å². The lowest BCUT2D eigenvalue weighted by molar-refractivity contribution is -0.130. The van der Waals surface area contributed by atoms with Crippen LogP contribution in [0.5, 0.6) is 0 Å². The van der Waals surface area contributed by atoms with E-state index in [0.717, 1.165) is 32.7 Å². The van der Waals surface area contributed by atoms with Gasteiger partial charge in [0.05, 0.1) is 12.4 Å². The first-order valence-electron chi connectivity index (χ1n) is 5.86. The van der Waals surface area contributed by atoms with Crippen LogP contribution in [0.4, 0.5) is 0 Å². The molecule has 0 aromatic rings. The minimum absolute atomic E-state index is 0.206. The molecule has 1 fully saturated rings. The molecule has 4 nitrogen and oxygen atoms in total. The van der Waals surface area contributed by atoms with E-state index in [9.17, 15) is 4.79 Å². The standard InChI is InChI=1S/C11H22N2O2S/c1-10(2)16-9-11(15)13-5-3-12(4-6-13)7-8-14/h10,14H,3-9H2,1-2H3. The van der Waals surface area contributed by atoms with Crippen molar-refractivity contribution in [2.75, 3.05) is 45.1 Å². The highest BCUT2D eigenvalue weighted by molar-refractivity contribution is 8.00. The zero-order chi connectivity index (χ0) is 12.0. The normalized spacial score (nSPS) is 18.1. The molecule has 1 saturated heterocycles. The summed E-state index contributed by atoms with van der Waals surface area (Å²) >= 11 is 1.70. The number of amides is 1. The summed E-state index contributed by atoms with van der Waals surface area (Å²) in [6, 6.07) is 0. The fourth-order valence-electron chi connectivity index (χ4n) is 1.69. The van der Waals surface area contributed by atoms with E-state index in [1.807, 2.05) is 4.90 Å². The van der Waals surface area contributed by atoms with Gasteiger partial charge in [-0.1, -0.05) is 13.8 Å². The van der Waals surface area contributed by atoms with Crippen LogP contribution in [0.15, 0.2) is 0 Å². The number of carbonyl (C=O) groups is 1. The summed E-state index contributed by atoms with van der Waals surface area (Å²) in [5.74, 6) is 0.847. The van der Waals surface area contributed by atoms with Gasteiger partial charge in [0.1, 0.15) is 0 Å². The van der Waals surface area contributed by atoms with Crippen molar-refractivity contribution < 1.29 is 9.90 Å². The SMILES string of the molecule is CC(C)SCC(=O)N1CCN(CCO)CC1. The molecule has 5 heteroatoms. The van der Waals surface area contributed by atoms with Crippen molar-refractivity contribution in [1.29, 1.82) is 0 Å². The first-order chi connectivity index (χ1) is 7.63. The maximum absolute atomic E-state index is 11.8. The molecule has 0 spiro atoms. The van der Waals surface area contributed by atoms with Gasteiger partial charge in [-0.2, -0.15) is 0 Å². The number of aliphatic hydroxyl groups excluding tert-OH is 1. The monoisotopic (exact) mass is 246 g/mol. The molecule has 0 aliphatic carbocycles. The zero-order valence-corrected chi connectivity index (χ0v) is 11.0. The van der Waals surface area contributed by atoms with Crippen molar-refractivity contribution >= 4 is 17.7 Å². The van der Waals surface area contributed by atoms with Gasteiger partial charge >= 0.3 is 0 Å². The number of thioether (sulfide) groups is 1. The van der Waals surface area contributed by atoms with E-state index >= 15 is 0 Å². The predicted molar refractivity (Wildman–Crippen MR) is 67.7 cm³/mol. The number of nitrogens with zero attached hydrogens (tertiary/aromatic N) is 2. The third-order valence-electron chi connectivity index (χ3n) is 2.68. The lowest BCUT2D eigenvalue weighted by Gasteiger charge is -2.34.